The number of aryl methyl sites for hydroxylation is 1. The van der Waals surface area contributed by atoms with E-state index in [1.54, 1.807) is 0 Å². The van der Waals surface area contributed by atoms with E-state index >= 15 is 0 Å². The van der Waals surface area contributed by atoms with Gasteiger partial charge in [0.2, 0.25) is 0 Å². The molecule has 0 saturated heterocycles. The molecule has 0 fully saturated rings. The van der Waals surface area contributed by atoms with Crippen LogP contribution in [0.4, 0.5) is 5.69 Å². The van der Waals surface area contributed by atoms with Crippen LogP contribution in [0.25, 0.3) is 11.3 Å². The van der Waals surface area contributed by atoms with Crippen molar-refractivity contribution in [2.45, 2.75) is 6.92 Å². The van der Waals surface area contributed by atoms with Crippen LogP contribution in [-0.2, 0) is 7.05 Å². The molecule has 0 spiro atoms. The number of ketones is 1. The number of carbonyl (C=O) groups is 1. The van der Waals surface area contributed by atoms with Crippen LogP contribution in [0.1, 0.15) is 17.3 Å². The third-order valence-electron chi connectivity index (χ3n) is 2.89. The zero-order valence-corrected chi connectivity index (χ0v) is 11.9. The van der Waals surface area contributed by atoms with Gasteiger partial charge >= 0.3 is 0 Å². The quantitative estimate of drug-likeness (QED) is 0.492. The number of halogens is 1. The molecule has 1 aromatic carbocycles. The zero-order chi connectivity index (χ0) is 15.7. The number of hydrogen-bond donors (Lipinski definition) is 0. The van der Waals surface area contributed by atoms with Gasteiger partial charge in [0, 0.05) is 24.7 Å². The van der Waals surface area contributed by atoms with Crippen LogP contribution in [0.3, 0.4) is 0 Å². The molecule has 1 aromatic heterocycles. The van der Waals surface area contributed by atoms with Gasteiger partial charge in [0.1, 0.15) is 10.7 Å². The van der Waals surface area contributed by atoms with E-state index in [9.17, 15) is 19.7 Å². The Morgan fingerprint density at radius 1 is 1.33 bits per heavy atom. The molecule has 8 heteroatoms. The summed E-state index contributed by atoms with van der Waals surface area (Å²) in [4.78, 5) is 33.6. The third kappa shape index (κ3) is 2.68. The number of benzene rings is 1. The second kappa shape index (κ2) is 5.45. The summed E-state index contributed by atoms with van der Waals surface area (Å²) in [5, 5.41) is 14.5. The van der Waals surface area contributed by atoms with Crippen LogP contribution in [0.5, 0.6) is 0 Å². The molecular formula is C13H10ClN3O4. The van der Waals surface area contributed by atoms with Gasteiger partial charge in [-0.05, 0) is 19.1 Å². The summed E-state index contributed by atoms with van der Waals surface area (Å²) in [7, 11) is 1.41. The molecule has 1 heterocycles. The van der Waals surface area contributed by atoms with Crippen molar-refractivity contribution in [1.82, 2.24) is 9.78 Å². The summed E-state index contributed by atoms with van der Waals surface area (Å²) in [5.41, 5.74) is 0.0213. The second-order valence-electron chi connectivity index (χ2n) is 4.33. The Bertz CT molecular complexity index is 796. The van der Waals surface area contributed by atoms with Crippen molar-refractivity contribution in [2.24, 2.45) is 7.05 Å². The monoisotopic (exact) mass is 307 g/mol. The van der Waals surface area contributed by atoms with Gasteiger partial charge in [-0.25, -0.2) is 4.68 Å². The standard InChI is InChI=1S/C13H10ClN3O4/c1-7(18)10-11(14)13(19)16(2)15-12(10)8-3-5-9(6-4-8)17(20)21/h3-6H,1-2H3. The maximum Gasteiger partial charge on any atom is 0.286 e. The fourth-order valence-electron chi connectivity index (χ4n) is 1.86. The van der Waals surface area contributed by atoms with E-state index in [1.165, 1.54) is 38.2 Å². The number of non-ortho nitro benzene ring substituents is 1. The van der Waals surface area contributed by atoms with Gasteiger partial charge in [-0.1, -0.05) is 11.6 Å². The van der Waals surface area contributed by atoms with Crippen LogP contribution in [0.15, 0.2) is 29.1 Å². The minimum atomic E-state index is -0.576. The highest BCUT2D eigenvalue weighted by Gasteiger charge is 2.20. The molecule has 7 nitrogen and oxygen atoms in total. The summed E-state index contributed by atoms with van der Waals surface area (Å²) in [6.45, 7) is 1.28. The third-order valence-corrected chi connectivity index (χ3v) is 3.24. The van der Waals surface area contributed by atoms with Gasteiger partial charge in [0.25, 0.3) is 11.2 Å². The number of rotatable bonds is 3. The molecule has 0 aliphatic rings. The van der Waals surface area contributed by atoms with Crippen molar-refractivity contribution in [1.29, 1.82) is 0 Å². The van der Waals surface area contributed by atoms with Crippen molar-refractivity contribution in [3.05, 3.63) is 55.3 Å². The molecule has 2 aromatic rings. The van der Waals surface area contributed by atoms with Crippen molar-refractivity contribution < 1.29 is 9.72 Å². The van der Waals surface area contributed by atoms with Crippen molar-refractivity contribution in [3.63, 3.8) is 0 Å². The fraction of sp³-hybridized carbons (Fsp3) is 0.154. The molecule has 0 saturated carbocycles. The first-order valence-corrected chi connectivity index (χ1v) is 6.23. The Hall–Kier alpha value is -2.54. The Labute approximate surface area is 123 Å². The minimum Gasteiger partial charge on any atom is -0.294 e. The summed E-state index contributed by atoms with van der Waals surface area (Å²) >= 11 is 5.93. The van der Waals surface area contributed by atoms with Crippen LogP contribution < -0.4 is 5.56 Å². The fourth-order valence-corrected chi connectivity index (χ4v) is 2.21. The van der Waals surface area contributed by atoms with Crippen molar-refractivity contribution in [2.75, 3.05) is 0 Å². The smallest absolute Gasteiger partial charge is 0.286 e. The molecule has 0 atom stereocenters. The first-order chi connectivity index (χ1) is 9.82. The molecule has 0 aliphatic carbocycles. The Morgan fingerprint density at radius 3 is 2.38 bits per heavy atom. The predicted octanol–water partition coefficient (Wildman–Crippen LogP) is 2.21. The lowest BCUT2D eigenvalue weighted by molar-refractivity contribution is -0.384. The Morgan fingerprint density at radius 2 is 1.90 bits per heavy atom. The molecule has 2 rings (SSSR count). The normalized spacial score (nSPS) is 10.4. The number of nitro groups is 1. The highest BCUT2D eigenvalue weighted by molar-refractivity contribution is 6.34. The molecular weight excluding hydrogens is 298 g/mol. The Balaban J connectivity index is 2.71. The second-order valence-corrected chi connectivity index (χ2v) is 4.70. The summed E-state index contributed by atoms with van der Waals surface area (Å²) in [6.07, 6.45) is 0. The van der Waals surface area contributed by atoms with Gasteiger partial charge in [-0.3, -0.25) is 19.7 Å². The maximum atomic E-state index is 11.7. The van der Waals surface area contributed by atoms with E-state index in [1.807, 2.05) is 0 Å². The average Bonchev–Trinajstić information content (AvgIpc) is 2.44. The Kier molecular flexibility index (Phi) is 3.86. The van der Waals surface area contributed by atoms with Crippen molar-refractivity contribution in [3.8, 4) is 11.3 Å². The van der Waals surface area contributed by atoms with E-state index in [0.717, 1.165) is 4.68 Å². The number of nitro benzene ring substituents is 1. The lowest BCUT2D eigenvalue weighted by atomic mass is 10.0. The lowest BCUT2D eigenvalue weighted by Gasteiger charge is -2.09. The van der Waals surface area contributed by atoms with E-state index in [2.05, 4.69) is 5.10 Å². The molecule has 0 amide bonds. The van der Waals surface area contributed by atoms with Crippen LogP contribution in [0, 0.1) is 10.1 Å². The highest BCUT2D eigenvalue weighted by atomic mass is 35.5. The molecule has 0 unspecified atom stereocenters. The average molecular weight is 308 g/mol. The molecule has 0 bridgehead atoms. The molecule has 0 radical (unpaired) electrons. The van der Waals surface area contributed by atoms with E-state index in [4.69, 9.17) is 11.6 Å². The first-order valence-electron chi connectivity index (χ1n) is 5.85. The number of carbonyl (C=O) groups excluding carboxylic acids is 1. The number of Topliss-reactive ketones (excluding diaryl/α,β-unsaturated/α-hetero) is 1. The number of hydrogen-bond acceptors (Lipinski definition) is 5. The van der Waals surface area contributed by atoms with Gasteiger partial charge in [-0.15, -0.1) is 0 Å². The van der Waals surface area contributed by atoms with Gasteiger partial charge in [0.05, 0.1) is 10.5 Å². The number of nitrogens with zero attached hydrogens (tertiary/aromatic N) is 3. The predicted molar refractivity (Wildman–Crippen MR) is 76.6 cm³/mol. The van der Waals surface area contributed by atoms with E-state index < -0.39 is 16.3 Å². The summed E-state index contributed by atoms with van der Waals surface area (Å²) in [6, 6.07) is 5.49. The van der Waals surface area contributed by atoms with Crippen LogP contribution in [0.2, 0.25) is 5.02 Å². The lowest BCUT2D eigenvalue weighted by Crippen LogP contribution is -2.23. The molecule has 0 N–H and O–H groups in total. The minimum absolute atomic E-state index is 0.00798. The van der Waals surface area contributed by atoms with E-state index in [0.29, 0.717) is 5.56 Å². The molecule has 108 valence electrons. The SMILES string of the molecule is CC(=O)c1c(-c2ccc([N+](=O)[O-])cc2)nn(C)c(=O)c1Cl. The summed E-state index contributed by atoms with van der Waals surface area (Å²) in [5.74, 6) is -0.404. The maximum absolute atomic E-state index is 11.7. The highest BCUT2D eigenvalue weighted by Crippen LogP contribution is 2.26. The van der Waals surface area contributed by atoms with Gasteiger partial charge in [-0.2, -0.15) is 5.10 Å². The first kappa shape index (κ1) is 14.9. The number of aromatic nitrogens is 2. The van der Waals surface area contributed by atoms with Gasteiger partial charge in [0.15, 0.2) is 5.78 Å². The topological polar surface area (TPSA) is 95.1 Å². The van der Waals surface area contributed by atoms with Gasteiger partial charge < -0.3 is 0 Å². The largest absolute Gasteiger partial charge is 0.294 e. The van der Waals surface area contributed by atoms with Crippen LogP contribution in [-0.4, -0.2) is 20.5 Å². The zero-order valence-electron chi connectivity index (χ0n) is 11.2. The van der Waals surface area contributed by atoms with Crippen LogP contribution >= 0.6 is 11.6 Å². The van der Waals surface area contributed by atoms with E-state index in [-0.39, 0.29) is 22.0 Å². The molecule has 21 heavy (non-hydrogen) atoms. The van der Waals surface area contributed by atoms with Crippen molar-refractivity contribution >= 4 is 23.1 Å². The molecule has 0 aliphatic heterocycles. The summed E-state index contributed by atoms with van der Waals surface area (Å²) < 4.78 is 1.02.